The fraction of sp³-hybridized carbons (Fsp3) is 0.111. The summed E-state index contributed by atoms with van der Waals surface area (Å²) < 4.78 is 15.2. The van der Waals surface area contributed by atoms with Crippen LogP contribution in [0.4, 0.5) is 20.6 Å². The van der Waals surface area contributed by atoms with Crippen molar-refractivity contribution in [3.63, 3.8) is 0 Å². The Bertz CT molecular complexity index is 981. The molecule has 0 saturated heterocycles. The summed E-state index contributed by atoms with van der Waals surface area (Å²) >= 11 is 0. The molecule has 0 aliphatic heterocycles. The minimum Gasteiger partial charge on any atom is -0.316 e. The highest BCUT2D eigenvalue weighted by molar-refractivity contribution is 6.06. The molecular formula is C18H16FN3O2. The molecule has 3 rings (SSSR count). The molecule has 122 valence electrons. The number of pyridine rings is 1. The second kappa shape index (κ2) is 6.16. The van der Waals surface area contributed by atoms with E-state index in [1.54, 1.807) is 49.6 Å². The number of para-hydroxylation sites is 1. The van der Waals surface area contributed by atoms with Gasteiger partial charge in [0.1, 0.15) is 5.82 Å². The number of carbonyl (C=O) groups is 1. The Morgan fingerprint density at radius 3 is 2.42 bits per heavy atom. The Balaban J connectivity index is 1.98. The van der Waals surface area contributed by atoms with E-state index < -0.39 is 11.8 Å². The van der Waals surface area contributed by atoms with Gasteiger partial charge in [0.25, 0.3) is 5.56 Å². The monoisotopic (exact) mass is 325 g/mol. The Hall–Kier alpha value is -3.15. The minimum atomic E-state index is -0.496. The molecule has 5 nitrogen and oxygen atoms in total. The maximum absolute atomic E-state index is 13.8. The lowest BCUT2D eigenvalue weighted by atomic mass is 10.1. The standard InChI is InChI=1S/C18H16FN3O2/c1-21-11-15(12-7-3-4-8-13(12)17(21)23)20-18(24)22(2)16-10-6-5-9-14(16)19/h3-11H,1-2H3,(H,20,24). The Morgan fingerprint density at radius 1 is 1.08 bits per heavy atom. The maximum atomic E-state index is 13.8. The average molecular weight is 325 g/mol. The van der Waals surface area contributed by atoms with Gasteiger partial charge in [-0.2, -0.15) is 0 Å². The predicted octanol–water partition coefficient (Wildman–Crippen LogP) is 3.35. The number of nitrogens with one attached hydrogen (secondary N) is 1. The second-order valence-corrected chi connectivity index (χ2v) is 5.44. The van der Waals surface area contributed by atoms with Gasteiger partial charge in [0.05, 0.1) is 11.4 Å². The molecule has 3 aromatic rings. The zero-order valence-corrected chi connectivity index (χ0v) is 13.3. The highest BCUT2D eigenvalue weighted by atomic mass is 19.1. The molecule has 0 radical (unpaired) electrons. The van der Waals surface area contributed by atoms with Crippen LogP contribution in [0.5, 0.6) is 0 Å². The molecule has 2 amide bonds. The van der Waals surface area contributed by atoms with Crippen LogP contribution >= 0.6 is 0 Å². The van der Waals surface area contributed by atoms with Gasteiger partial charge in [0.2, 0.25) is 0 Å². The zero-order chi connectivity index (χ0) is 17.3. The number of nitrogens with zero attached hydrogens (tertiary/aromatic N) is 2. The molecule has 6 heteroatoms. The average Bonchev–Trinajstić information content (AvgIpc) is 2.59. The number of fused-ring (bicyclic) bond motifs is 1. The van der Waals surface area contributed by atoms with Crippen molar-refractivity contribution < 1.29 is 9.18 Å². The van der Waals surface area contributed by atoms with Gasteiger partial charge in [-0.25, -0.2) is 9.18 Å². The van der Waals surface area contributed by atoms with Gasteiger partial charge in [0, 0.05) is 31.1 Å². The molecule has 0 aliphatic carbocycles. The number of aromatic nitrogens is 1. The van der Waals surface area contributed by atoms with E-state index in [0.717, 1.165) is 0 Å². The molecule has 24 heavy (non-hydrogen) atoms. The summed E-state index contributed by atoms with van der Waals surface area (Å²) in [6.45, 7) is 0. The van der Waals surface area contributed by atoms with E-state index in [9.17, 15) is 14.0 Å². The number of rotatable bonds is 2. The molecule has 0 bridgehead atoms. The fourth-order valence-electron chi connectivity index (χ4n) is 2.55. The number of anilines is 2. The molecule has 0 unspecified atom stereocenters. The zero-order valence-electron chi connectivity index (χ0n) is 13.3. The van der Waals surface area contributed by atoms with E-state index in [2.05, 4.69) is 5.32 Å². The van der Waals surface area contributed by atoms with Crippen molar-refractivity contribution in [1.82, 2.24) is 4.57 Å². The lowest BCUT2D eigenvalue weighted by Crippen LogP contribution is -2.32. The fourth-order valence-corrected chi connectivity index (χ4v) is 2.55. The third kappa shape index (κ3) is 2.74. The van der Waals surface area contributed by atoms with Gasteiger partial charge in [0.15, 0.2) is 0 Å². The van der Waals surface area contributed by atoms with Crippen molar-refractivity contribution in [1.29, 1.82) is 0 Å². The smallest absolute Gasteiger partial charge is 0.316 e. The molecule has 0 saturated carbocycles. The molecule has 1 N–H and O–H groups in total. The largest absolute Gasteiger partial charge is 0.326 e. The first kappa shape index (κ1) is 15.7. The summed E-state index contributed by atoms with van der Waals surface area (Å²) in [5.74, 6) is -0.486. The molecule has 1 heterocycles. The van der Waals surface area contributed by atoms with Crippen molar-refractivity contribution >= 4 is 28.2 Å². The van der Waals surface area contributed by atoms with Crippen molar-refractivity contribution in [2.75, 3.05) is 17.3 Å². The Morgan fingerprint density at radius 2 is 1.71 bits per heavy atom. The van der Waals surface area contributed by atoms with Gasteiger partial charge in [-0.3, -0.25) is 9.69 Å². The summed E-state index contributed by atoms with van der Waals surface area (Å²) in [7, 11) is 3.10. The second-order valence-electron chi connectivity index (χ2n) is 5.44. The summed E-state index contributed by atoms with van der Waals surface area (Å²) in [5, 5.41) is 3.88. The van der Waals surface area contributed by atoms with Gasteiger partial charge in [-0.1, -0.05) is 30.3 Å². The lowest BCUT2D eigenvalue weighted by molar-refractivity contribution is 0.258. The van der Waals surface area contributed by atoms with E-state index in [1.807, 2.05) is 0 Å². The number of halogens is 1. The van der Waals surface area contributed by atoms with Crippen LogP contribution in [0.25, 0.3) is 10.8 Å². The summed E-state index contributed by atoms with van der Waals surface area (Å²) in [4.78, 5) is 25.8. The number of hydrogen-bond donors (Lipinski definition) is 1. The number of aryl methyl sites for hydroxylation is 1. The van der Waals surface area contributed by atoms with Crippen LogP contribution in [-0.4, -0.2) is 17.6 Å². The molecule has 2 aromatic carbocycles. The van der Waals surface area contributed by atoms with Crippen molar-refractivity contribution in [2.45, 2.75) is 0 Å². The van der Waals surface area contributed by atoms with Crippen molar-refractivity contribution in [2.24, 2.45) is 7.05 Å². The van der Waals surface area contributed by atoms with Gasteiger partial charge < -0.3 is 9.88 Å². The van der Waals surface area contributed by atoms with E-state index in [4.69, 9.17) is 0 Å². The normalized spacial score (nSPS) is 10.6. The summed E-state index contributed by atoms with van der Waals surface area (Å²) in [6.07, 6.45) is 1.55. The Kier molecular flexibility index (Phi) is 4.04. The Labute approximate surface area is 137 Å². The van der Waals surface area contributed by atoms with Crippen LogP contribution in [0.2, 0.25) is 0 Å². The van der Waals surface area contributed by atoms with E-state index in [0.29, 0.717) is 16.5 Å². The number of benzene rings is 2. The van der Waals surface area contributed by atoms with Crippen LogP contribution in [0.3, 0.4) is 0 Å². The topological polar surface area (TPSA) is 54.3 Å². The van der Waals surface area contributed by atoms with Crippen LogP contribution in [0.1, 0.15) is 0 Å². The number of amides is 2. The van der Waals surface area contributed by atoms with Crippen molar-refractivity contribution in [3.8, 4) is 0 Å². The third-order valence-electron chi connectivity index (χ3n) is 3.85. The number of carbonyl (C=O) groups excluding carboxylic acids is 1. The summed E-state index contributed by atoms with van der Waals surface area (Å²) in [5.41, 5.74) is 0.510. The molecule has 0 fully saturated rings. The number of hydrogen-bond acceptors (Lipinski definition) is 2. The highest BCUT2D eigenvalue weighted by Gasteiger charge is 2.16. The maximum Gasteiger partial charge on any atom is 0.326 e. The van der Waals surface area contributed by atoms with E-state index >= 15 is 0 Å². The first-order valence-corrected chi connectivity index (χ1v) is 7.36. The third-order valence-corrected chi connectivity index (χ3v) is 3.85. The van der Waals surface area contributed by atoms with E-state index in [-0.39, 0.29) is 11.2 Å². The first-order valence-electron chi connectivity index (χ1n) is 7.36. The van der Waals surface area contributed by atoms with Crippen LogP contribution in [-0.2, 0) is 7.05 Å². The van der Waals surface area contributed by atoms with Crippen LogP contribution < -0.4 is 15.8 Å². The molecule has 1 aromatic heterocycles. The van der Waals surface area contributed by atoms with E-state index in [1.165, 1.54) is 28.6 Å². The number of urea groups is 1. The first-order chi connectivity index (χ1) is 11.5. The quantitative estimate of drug-likeness (QED) is 0.785. The predicted molar refractivity (Wildman–Crippen MR) is 93.0 cm³/mol. The van der Waals surface area contributed by atoms with Gasteiger partial charge >= 0.3 is 6.03 Å². The van der Waals surface area contributed by atoms with Crippen LogP contribution in [0.15, 0.2) is 59.5 Å². The molecule has 0 atom stereocenters. The molecular weight excluding hydrogens is 309 g/mol. The highest BCUT2D eigenvalue weighted by Crippen LogP contribution is 2.22. The lowest BCUT2D eigenvalue weighted by Gasteiger charge is -2.19. The van der Waals surface area contributed by atoms with Gasteiger partial charge in [-0.05, 0) is 18.2 Å². The molecule has 0 aliphatic rings. The summed E-state index contributed by atoms with van der Waals surface area (Å²) in [6, 6.07) is 12.6. The van der Waals surface area contributed by atoms with Crippen LogP contribution in [0, 0.1) is 5.82 Å². The SMILES string of the molecule is CN(C(=O)Nc1cn(C)c(=O)c2ccccc12)c1ccccc1F. The van der Waals surface area contributed by atoms with Gasteiger partial charge in [-0.15, -0.1) is 0 Å². The van der Waals surface area contributed by atoms with Crippen molar-refractivity contribution in [3.05, 3.63) is 70.9 Å². The molecule has 0 spiro atoms. The minimum absolute atomic E-state index is 0.147.